The van der Waals surface area contributed by atoms with Gasteiger partial charge in [0.2, 0.25) is 5.91 Å². The van der Waals surface area contributed by atoms with Gasteiger partial charge in [-0.3, -0.25) is 9.59 Å². The number of para-hydroxylation sites is 1. The maximum absolute atomic E-state index is 14.4. The zero-order valence-corrected chi connectivity index (χ0v) is 26.5. The van der Waals surface area contributed by atoms with Gasteiger partial charge in [0.15, 0.2) is 0 Å². The van der Waals surface area contributed by atoms with Crippen molar-refractivity contribution in [1.29, 1.82) is 0 Å². The van der Waals surface area contributed by atoms with Gasteiger partial charge in [0.25, 0.3) is 5.91 Å². The third kappa shape index (κ3) is 11.0. The molecular formula is C34H51N3O5. The minimum absolute atomic E-state index is 0.0645. The summed E-state index contributed by atoms with van der Waals surface area (Å²) in [5, 5.41) is 15.8. The molecule has 2 aromatic rings. The molecular weight excluding hydrogens is 530 g/mol. The molecule has 0 aliphatic carbocycles. The van der Waals surface area contributed by atoms with Gasteiger partial charge in [-0.25, -0.2) is 4.79 Å². The molecule has 0 saturated heterocycles. The number of nitrogens with zero attached hydrogens (tertiary/aromatic N) is 1. The van der Waals surface area contributed by atoms with E-state index in [4.69, 9.17) is 4.74 Å². The Morgan fingerprint density at radius 3 is 2.14 bits per heavy atom. The predicted molar refractivity (Wildman–Crippen MR) is 168 cm³/mol. The van der Waals surface area contributed by atoms with E-state index in [1.165, 1.54) is 12.1 Å². The molecule has 2 aromatic carbocycles. The molecule has 8 nitrogen and oxygen atoms in total. The van der Waals surface area contributed by atoms with Crippen LogP contribution in [0.1, 0.15) is 104 Å². The highest BCUT2D eigenvalue weighted by Crippen LogP contribution is 2.28. The van der Waals surface area contributed by atoms with Crippen LogP contribution in [0.15, 0.2) is 48.5 Å². The molecule has 0 aromatic heterocycles. The lowest BCUT2D eigenvalue weighted by Gasteiger charge is -2.36. The maximum atomic E-state index is 14.4. The summed E-state index contributed by atoms with van der Waals surface area (Å²) in [5.74, 6) is -0.858. The standard InChI is InChI=1S/C34H51N3O5/c1-8-10-11-12-13-16-23-37(32(40)29(24(3)9-2)36-33(41)42-34(5,6)7)30(26-19-21-27(38)22-20-26)31(39)35-28-18-15-14-17-25(28)4/h14-15,17-22,24,29-30,38H,8-13,16,23H2,1-7H3,(H,35,39)(H,36,41). The molecule has 42 heavy (non-hydrogen) atoms. The minimum Gasteiger partial charge on any atom is -0.508 e. The highest BCUT2D eigenvalue weighted by molar-refractivity contribution is 5.99. The molecule has 0 radical (unpaired) electrons. The Hall–Kier alpha value is -3.55. The van der Waals surface area contributed by atoms with Gasteiger partial charge >= 0.3 is 6.09 Å². The molecule has 3 unspecified atom stereocenters. The van der Waals surface area contributed by atoms with Gasteiger partial charge in [0, 0.05) is 12.2 Å². The monoisotopic (exact) mass is 581 g/mol. The van der Waals surface area contributed by atoms with Crippen molar-refractivity contribution in [2.75, 3.05) is 11.9 Å². The predicted octanol–water partition coefficient (Wildman–Crippen LogP) is 7.51. The molecule has 3 amide bonds. The second-order valence-corrected chi connectivity index (χ2v) is 12.1. The van der Waals surface area contributed by atoms with Crippen LogP contribution in [0.4, 0.5) is 10.5 Å². The molecule has 0 aliphatic heterocycles. The number of hydrogen-bond donors (Lipinski definition) is 3. The number of aromatic hydroxyl groups is 1. The summed E-state index contributed by atoms with van der Waals surface area (Å²) in [6.07, 6.45) is 6.05. The summed E-state index contributed by atoms with van der Waals surface area (Å²) in [6.45, 7) is 13.6. The average molecular weight is 582 g/mol. The van der Waals surface area contributed by atoms with Crippen LogP contribution in [-0.2, 0) is 14.3 Å². The number of amides is 3. The van der Waals surface area contributed by atoms with E-state index in [0.717, 1.165) is 37.7 Å². The minimum atomic E-state index is -0.986. The molecule has 8 heteroatoms. The van der Waals surface area contributed by atoms with Crippen molar-refractivity contribution in [3.8, 4) is 5.75 Å². The summed E-state index contributed by atoms with van der Waals surface area (Å²) < 4.78 is 5.50. The number of benzene rings is 2. The highest BCUT2D eigenvalue weighted by atomic mass is 16.6. The van der Waals surface area contributed by atoms with Gasteiger partial charge in [-0.2, -0.15) is 0 Å². The topological polar surface area (TPSA) is 108 Å². The number of carbonyl (C=O) groups excluding carboxylic acids is 3. The molecule has 0 fully saturated rings. The fourth-order valence-corrected chi connectivity index (χ4v) is 4.77. The third-order valence-electron chi connectivity index (χ3n) is 7.36. The number of rotatable bonds is 15. The maximum Gasteiger partial charge on any atom is 0.408 e. The Kier molecular flexibility index (Phi) is 13.8. The van der Waals surface area contributed by atoms with Crippen LogP contribution in [0.3, 0.4) is 0 Å². The van der Waals surface area contributed by atoms with Crippen molar-refractivity contribution >= 4 is 23.6 Å². The van der Waals surface area contributed by atoms with Crippen LogP contribution in [0, 0.1) is 12.8 Å². The zero-order valence-electron chi connectivity index (χ0n) is 26.5. The van der Waals surface area contributed by atoms with Gasteiger partial charge in [-0.15, -0.1) is 0 Å². The number of phenols is 1. The van der Waals surface area contributed by atoms with E-state index in [9.17, 15) is 19.5 Å². The van der Waals surface area contributed by atoms with Crippen LogP contribution < -0.4 is 10.6 Å². The molecule has 3 N–H and O–H groups in total. The first-order valence-corrected chi connectivity index (χ1v) is 15.3. The van der Waals surface area contributed by atoms with E-state index in [0.29, 0.717) is 30.6 Å². The number of hydrogen-bond acceptors (Lipinski definition) is 5. The normalized spacial score (nSPS) is 13.5. The lowest BCUT2D eigenvalue weighted by atomic mass is 9.95. The Morgan fingerprint density at radius 1 is 0.929 bits per heavy atom. The number of anilines is 1. The van der Waals surface area contributed by atoms with Gasteiger partial charge in [-0.05, 0) is 69.4 Å². The number of ether oxygens (including phenoxy) is 1. The van der Waals surface area contributed by atoms with Crippen molar-refractivity contribution in [3.05, 3.63) is 59.7 Å². The zero-order chi connectivity index (χ0) is 31.3. The van der Waals surface area contributed by atoms with Crippen molar-refractivity contribution in [3.63, 3.8) is 0 Å². The summed E-state index contributed by atoms with van der Waals surface area (Å²) in [4.78, 5) is 43.0. The summed E-state index contributed by atoms with van der Waals surface area (Å²) in [6, 6.07) is 12.0. The van der Waals surface area contributed by atoms with Gasteiger partial charge in [0.05, 0.1) is 0 Å². The van der Waals surface area contributed by atoms with Crippen LogP contribution in [0.5, 0.6) is 5.75 Å². The molecule has 2 rings (SSSR count). The Balaban J connectivity index is 2.52. The first-order valence-electron chi connectivity index (χ1n) is 15.3. The van der Waals surface area contributed by atoms with Crippen molar-refractivity contribution in [2.24, 2.45) is 5.92 Å². The van der Waals surface area contributed by atoms with Crippen molar-refractivity contribution in [2.45, 2.75) is 111 Å². The van der Waals surface area contributed by atoms with E-state index in [1.54, 1.807) is 37.8 Å². The smallest absolute Gasteiger partial charge is 0.408 e. The fraction of sp³-hybridized carbons (Fsp3) is 0.559. The summed E-state index contributed by atoms with van der Waals surface area (Å²) >= 11 is 0. The van der Waals surface area contributed by atoms with Crippen LogP contribution >= 0.6 is 0 Å². The van der Waals surface area contributed by atoms with E-state index in [-0.39, 0.29) is 23.5 Å². The van der Waals surface area contributed by atoms with Crippen molar-refractivity contribution < 1.29 is 24.2 Å². The second kappa shape index (κ2) is 16.8. The Labute approximate surface area is 252 Å². The molecule has 232 valence electrons. The highest BCUT2D eigenvalue weighted by Gasteiger charge is 2.38. The second-order valence-electron chi connectivity index (χ2n) is 12.1. The van der Waals surface area contributed by atoms with Crippen LogP contribution in [-0.4, -0.2) is 46.1 Å². The molecule has 3 atom stereocenters. The third-order valence-corrected chi connectivity index (χ3v) is 7.36. The lowest BCUT2D eigenvalue weighted by molar-refractivity contribution is -0.142. The largest absolute Gasteiger partial charge is 0.508 e. The first kappa shape index (κ1) is 34.7. The van der Waals surface area contributed by atoms with Gasteiger partial charge in [-0.1, -0.05) is 89.6 Å². The van der Waals surface area contributed by atoms with Crippen molar-refractivity contribution in [1.82, 2.24) is 10.2 Å². The van der Waals surface area contributed by atoms with Gasteiger partial charge in [0.1, 0.15) is 23.4 Å². The molecule has 0 heterocycles. The number of carbonyl (C=O) groups is 3. The molecule has 0 spiro atoms. The van der Waals surface area contributed by atoms with Crippen LogP contribution in [0.25, 0.3) is 0 Å². The number of phenolic OH excluding ortho intramolecular Hbond substituents is 1. The van der Waals surface area contributed by atoms with E-state index in [2.05, 4.69) is 17.6 Å². The van der Waals surface area contributed by atoms with E-state index in [1.807, 2.05) is 45.0 Å². The Bertz CT molecular complexity index is 1140. The Morgan fingerprint density at radius 2 is 1.55 bits per heavy atom. The molecule has 0 bridgehead atoms. The number of nitrogens with one attached hydrogen (secondary N) is 2. The van der Waals surface area contributed by atoms with E-state index < -0.39 is 23.8 Å². The van der Waals surface area contributed by atoms with E-state index >= 15 is 0 Å². The lowest BCUT2D eigenvalue weighted by Crippen LogP contribution is -2.55. The quantitative estimate of drug-likeness (QED) is 0.189. The van der Waals surface area contributed by atoms with Crippen LogP contribution in [0.2, 0.25) is 0 Å². The fourth-order valence-electron chi connectivity index (χ4n) is 4.77. The first-order chi connectivity index (χ1) is 19.9. The van der Waals surface area contributed by atoms with Gasteiger partial charge < -0.3 is 25.4 Å². The number of aryl methyl sites for hydroxylation is 1. The average Bonchev–Trinajstić information content (AvgIpc) is 2.93. The SMILES string of the molecule is CCCCCCCCN(C(=O)C(NC(=O)OC(C)(C)C)C(C)CC)C(C(=O)Nc1ccccc1C)c1ccc(O)cc1. The molecule has 0 aliphatic rings. The molecule has 0 saturated carbocycles. The summed E-state index contributed by atoms with van der Waals surface area (Å²) in [7, 11) is 0. The number of unbranched alkanes of at least 4 members (excludes halogenated alkanes) is 5. The summed E-state index contributed by atoms with van der Waals surface area (Å²) in [5.41, 5.74) is 1.39. The number of alkyl carbamates (subject to hydrolysis) is 1.